The normalized spacial score (nSPS) is 10.3. The summed E-state index contributed by atoms with van der Waals surface area (Å²) < 4.78 is 0. The van der Waals surface area contributed by atoms with E-state index in [0.29, 0.717) is 0 Å². The predicted molar refractivity (Wildman–Crippen MR) is 84.2 cm³/mol. The van der Waals surface area contributed by atoms with Crippen molar-refractivity contribution in [1.82, 2.24) is 0 Å². The molecule has 3 N–H and O–H groups in total. The summed E-state index contributed by atoms with van der Waals surface area (Å²) in [5.74, 6) is 0. The fraction of sp³-hybridized carbons (Fsp3) is 0.533. The maximum atomic E-state index is 5.46. The Morgan fingerprint density at radius 2 is 1.89 bits per heavy atom. The van der Waals surface area contributed by atoms with E-state index < -0.39 is 0 Å². The molecule has 0 saturated heterocycles. The van der Waals surface area contributed by atoms with E-state index in [-0.39, 0.29) is 0 Å². The van der Waals surface area contributed by atoms with Crippen molar-refractivity contribution >= 4 is 22.9 Å². The average molecular weight is 264 g/mol. The quantitative estimate of drug-likeness (QED) is 0.552. The third kappa shape index (κ3) is 6.12. The van der Waals surface area contributed by atoms with Gasteiger partial charge in [0.05, 0.1) is 4.99 Å². The van der Waals surface area contributed by atoms with E-state index in [4.69, 9.17) is 18.0 Å². The standard InChI is InChI=1S/C15H24N2S/c1-2-3-6-13-8-10-14(11-9-13)17-15(18)7-4-5-12-16/h8-11H,2-7,12,16H2,1H3,(H,17,18). The lowest BCUT2D eigenvalue weighted by atomic mass is 10.1. The van der Waals surface area contributed by atoms with Gasteiger partial charge < -0.3 is 11.1 Å². The average Bonchev–Trinajstić information content (AvgIpc) is 2.38. The fourth-order valence-electron chi connectivity index (χ4n) is 1.79. The first kappa shape index (κ1) is 15.1. The van der Waals surface area contributed by atoms with Crippen LogP contribution in [0, 0.1) is 0 Å². The highest BCUT2D eigenvalue weighted by Gasteiger charge is 1.98. The Morgan fingerprint density at radius 1 is 1.17 bits per heavy atom. The number of thiocarbonyl (C=S) groups is 1. The number of rotatable bonds is 8. The minimum absolute atomic E-state index is 0.745. The van der Waals surface area contributed by atoms with Crippen LogP contribution in [-0.4, -0.2) is 11.5 Å². The number of nitrogens with one attached hydrogen (secondary N) is 1. The zero-order chi connectivity index (χ0) is 13.2. The molecule has 0 unspecified atom stereocenters. The molecule has 0 heterocycles. The molecule has 1 rings (SSSR count). The summed E-state index contributed by atoms with van der Waals surface area (Å²) in [6.07, 6.45) is 6.69. The number of unbranched alkanes of at least 4 members (excludes halogenated alkanes) is 2. The van der Waals surface area contributed by atoms with E-state index in [9.17, 15) is 0 Å². The van der Waals surface area contributed by atoms with Crippen LogP contribution in [0.4, 0.5) is 5.69 Å². The molecule has 0 radical (unpaired) electrons. The molecule has 0 spiro atoms. The van der Waals surface area contributed by atoms with E-state index >= 15 is 0 Å². The third-order valence-electron chi connectivity index (χ3n) is 2.91. The van der Waals surface area contributed by atoms with E-state index in [0.717, 1.165) is 42.9 Å². The highest BCUT2D eigenvalue weighted by Crippen LogP contribution is 2.12. The van der Waals surface area contributed by atoms with Crippen molar-refractivity contribution < 1.29 is 0 Å². The van der Waals surface area contributed by atoms with Gasteiger partial charge in [-0.05, 0) is 56.3 Å². The lowest BCUT2D eigenvalue weighted by Crippen LogP contribution is -2.09. The summed E-state index contributed by atoms with van der Waals surface area (Å²) in [6.45, 7) is 2.96. The summed E-state index contributed by atoms with van der Waals surface area (Å²) >= 11 is 5.30. The second kappa shape index (κ2) is 9.06. The van der Waals surface area contributed by atoms with Crippen LogP contribution in [0.2, 0.25) is 0 Å². The van der Waals surface area contributed by atoms with Crippen molar-refractivity contribution in [2.45, 2.75) is 45.4 Å². The van der Waals surface area contributed by atoms with Gasteiger partial charge in [0.25, 0.3) is 0 Å². The molecule has 2 nitrogen and oxygen atoms in total. The molecule has 0 aromatic heterocycles. The molecule has 100 valence electrons. The molecule has 0 aliphatic heterocycles. The largest absolute Gasteiger partial charge is 0.350 e. The Morgan fingerprint density at radius 3 is 2.50 bits per heavy atom. The molecular weight excluding hydrogens is 240 g/mol. The number of nitrogens with two attached hydrogens (primary N) is 1. The molecule has 0 bridgehead atoms. The van der Waals surface area contributed by atoms with Crippen molar-refractivity contribution in [3.8, 4) is 0 Å². The Balaban J connectivity index is 2.35. The van der Waals surface area contributed by atoms with Crippen molar-refractivity contribution in [2.24, 2.45) is 5.73 Å². The molecule has 0 aliphatic rings. The van der Waals surface area contributed by atoms with Gasteiger partial charge in [-0.2, -0.15) is 0 Å². The third-order valence-corrected chi connectivity index (χ3v) is 3.22. The molecule has 18 heavy (non-hydrogen) atoms. The van der Waals surface area contributed by atoms with E-state index in [1.165, 1.54) is 18.4 Å². The summed E-state index contributed by atoms with van der Waals surface area (Å²) in [5.41, 5.74) is 7.95. The lowest BCUT2D eigenvalue weighted by molar-refractivity contribution is 0.776. The smallest absolute Gasteiger partial charge is 0.0797 e. The molecule has 0 atom stereocenters. The zero-order valence-corrected chi connectivity index (χ0v) is 12.1. The predicted octanol–water partition coefficient (Wildman–Crippen LogP) is 3.90. The van der Waals surface area contributed by atoms with E-state index in [1.807, 2.05) is 0 Å². The minimum Gasteiger partial charge on any atom is -0.350 e. The number of anilines is 1. The first-order valence-corrected chi connectivity index (χ1v) is 7.26. The second-order valence-corrected chi connectivity index (χ2v) is 5.09. The number of benzene rings is 1. The molecule has 0 fully saturated rings. The van der Waals surface area contributed by atoms with Crippen LogP contribution in [0.5, 0.6) is 0 Å². The van der Waals surface area contributed by atoms with Gasteiger partial charge in [0.2, 0.25) is 0 Å². The van der Waals surface area contributed by atoms with Gasteiger partial charge in [0.15, 0.2) is 0 Å². The maximum Gasteiger partial charge on any atom is 0.0797 e. The molecular formula is C15H24N2S. The van der Waals surface area contributed by atoms with E-state index in [2.05, 4.69) is 36.5 Å². The number of hydrogen-bond acceptors (Lipinski definition) is 2. The molecule has 0 aliphatic carbocycles. The lowest BCUT2D eigenvalue weighted by Gasteiger charge is -2.08. The van der Waals surface area contributed by atoms with Crippen LogP contribution < -0.4 is 11.1 Å². The summed E-state index contributed by atoms with van der Waals surface area (Å²) in [5, 5.41) is 3.27. The SMILES string of the molecule is CCCCc1ccc(NC(=S)CCCCN)cc1. The van der Waals surface area contributed by atoms with Gasteiger partial charge in [-0.25, -0.2) is 0 Å². The van der Waals surface area contributed by atoms with Crippen LogP contribution in [-0.2, 0) is 6.42 Å². The maximum absolute atomic E-state index is 5.46. The Bertz CT molecular complexity index is 346. The summed E-state index contributed by atoms with van der Waals surface area (Å²) in [7, 11) is 0. The molecule has 3 heteroatoms. The Labute approximate surface area is 116 Å². The highest BCUT2D eigenvalue weighted by atomic mass is 32.1. The first-order valence-electron chi connectivity index (χ1n) is 6.85. The van der Waals surface area contributed by atoms with Crippen LogP contribution >= 0.6 is 12.2 Å². The number of hydrogen-bond donors (Lipinski definition) is 2. The van der Waals surface area contributed by atoms with Crippen LogP contribution in [0.15, 0.2) is 24.3 Å². The van der Waals surface area contributed by atoms with Gasteiger partial charge in [-0.3, -0.25) is 0 Å². The fourth-order valence-corrected chi connectivity index (χ4v) is 2.05. The van der Waals surface area contributed by atoms with Crippen molar-refractivity contribution in [3.05, 3.63) is 29.8 Å². The minimum atomic E-state index is 0.745. The second-order valence-electron chi connectivity index (χ2n) is 4.59. The Kier molecular flexibility index (Phi) is 7.62. The monoisotopic (exact) mass is 264 g/mol. The van der Waals surface area contributed by atoms with Gasteiger partial charge in [0, 0.05) is 5.69 Å². The number of aryl methyl sites for hydroxylation is 1. The molecule has 0 amide bonds. The molecule has 1 aromatic rings. The zero-order valence-electron chi connectivity index (χ0n) is 11.2. The van der Waals surface area contributed by atoms with Crippen molar-refractivity contribution in [1.29, 1.82) is 0 Å². The summed E-state index contributed by atoms with van der Waals surface area (Å²) in [6, 6.07) is 8.58. The van der Waals surface area contributed by atoms with Gasteiger partial charge in [-0.15, -0.1) is 0 Å². The van der Waals surface area contributed by atoms with Crippen molar-refractivity contribution in [2.75, 3.05) is 11.9 Å². The summed E-state index contributed by atoms with van der Waals surface area (Å²) in [4.78, 5) is 0.907. The molecule has 0 saturated carbocycles. The van der Waals surface area contributed by atoms with Crippen LogP contribution in [0.25, 0.3) is 0 Å². The first-order chi connectivity index (χ1) is 8.76. The highest BCUT2D eigenvalue weighted by molar-refractivity contribution is 7.80. The van der Waals surface area contributed by atoms with Crippen LogP contribution in [0.1, 0.15) is 44.6 Å². The van der Waals surface area contributed by atoms with Crippen LogP contribution in [0.3, 0.4) is 0 Å². The van der Waals surface area contributed by atoms with Crippen molar-refractivity contribution in [3.63, 3.8) is 0 Å². The molecule has 1 aromatic carbocycles. The van der Waals surface area contributed by atoms with Gasteiger partial charge in [-0.1, -0.05) is 37.7 Å². The van der Waals surface area contributed by atoms with Gasteiger partial charge in [0.1, 0.15) is 0 Å². The van der Waals surface area contributed by atoms with E-state index in [1.54, 1.807) is 0 Å². The van der Waals surface area contributed by atoms with Gasteiger partial charge >= 0.3 is 0 Å². The topological polar surface area (TPSA) is 38.0 Å². The Hall–Kier alpha value is -0.930.